The number of amides is 1. The molecular formula is C20H26N2O6. The molecule has 1 amide bonds. The molecule has 2 heterocycles. The van der Waals surface area contributed by atoms with E-state index < -0.39 is 11.9 Å². The van der Waals surface area contributed by atoms with E-state index in [-0.39, 0.29) is 19.0 Å². The minimum absolute atomic E-state index is 0.232. The maximum Gasteiger partial charge on any atom is 0.340 e. The molecule has 8 nitrogen and oxygen atoms in total. The molecule has 1 N–H and O–H groups in total. The average molecular weight is 390 g/mol. The van der Waals surface area contributed by atoms with E-state index in [9.17, 15) is 14.4 Å². The Morgan fingerprint density at radius 3 is 2.68 bits per heavy atom. The molecule has 0 spiro atoms. The molecule has 0 aliphatic carbocycles. The Labute approximate surface area is 163 Å². The van der Waals surface area contributed by atoms with Gasteiger partial charge in [0.25, 0.3) is 5.91 Å². The molecule has 0 saturated heterocycles. The van der Waals surface area contributed by atoms with E-state index in [4.69, 9.17) is 13.9 Å². The second-order valence-corrected chi connectivity index (χ2v) is 6.28. The first-order valence-electron chi connectivity index (χ1n) is 9.21. The van der Waals surface area contributed by atoms with Crippen molar-refractivity contribution in [1.82, 2.24) is 9.88 Å². The predicted molar refractivity (Wildman–Crippen MR) is 101 cm³/mol. The summed E-state index contributed by atoms with van der Waals surface area (Å²) in [6, 6.07) is 5.41. The largest absolute Gasteiger partial charge is 0.467 e. The number of hydrogen-bond acceptors (Lipinski definition) is 6. The molecule has 0 aromatic carbocycles. The smallest absolute Gasteiger partial charge is 0.340 e. The number of esters is 2. The van der Waals surface area contributed by atoms with Crippen LogP contribution in [0.4, 0.5) is 0 Å². The van der Waals surface area contributed by atoms with Crippen LogP contribution in [-0.4, -0.2) is 42.2 Å². The van der Waals surface area contributed by atoms with Crippen LogP contribution in [0, 0.1) is 13.8 Å². The van der Waals surface area contributed by atoms with Gasteiger partial charge in [-0.25, -0.2) is 4.79 Å². The molecule has 0 saturated carbocycles. The fourth-order valence-corrected chi connectivity index (χ4v) is 2.76. The van der Waals surface area contributed by atoms with Crippen molar-refractivity contribution in [3.8, 4) is 0 Å². The lowest BCUT2D eigenvalue weighted by molar-refractivity contribution is -0.143. The van der Waals surface area contributed by atoms with Crippen molar-refractivity contribution < 1.29 is 28.3 Å². The van der Waals surface area contributed by atoms with Gasteiger partial charge in [-0.05, 0) is 45.4 Å². The zero-order valence-electron chi connectivity index (χ0n) is 16.4. The van der Waals surface area contributed by atoms with Crippen LogP contribution in [0.2, 0.25) is 0 Å². The number of aryl methyl sites for hydroxylation is 1. The van der Waals surface area contributed by atoms with Crippen LogP contribution >= 0.6 is 0 Å². The summed E-state index contributed by atoms with van der Waals surface area (Å²) < 4.78 is 17.2. The quantitative estimate of drug-likeness (QED) is 0.494. The summed E-state index contributed by atoms with van der Waals surface area (Å²) in [6.45, 7) is 6.24. The van der Waals surface area contributed by atoms with Crippen molar-refractivity contribution in [3.63, 3.8) is 0 Å². The monoisotopic (exact) mass is 390 g/mol. The first kappa shape index (κ1) is 21.3. The highest BCUT2D eigenvalue weighted by molar-refractivity contribution is 5.92. The van der Waals surface area contributed by atoms with E-state index in [1.807, 2.05) is 30.5 Å². The van der Waals surface area contributed by atoms with Crippen molar-refractivity contribution >= 4 is 17.8 Å². The van der Waals surface area contributed by atoms with Crippen LogP contribution in [0.3, 0.4) is 0 Å². The van der Waals surface area contributed by atoms with Gasteiger partial charge in [0, 0.05) is 24.4 Å². The number of ether oxygens (including phenoxy) is 2. The van der Waals surface area contributed by atoms with Crippen LogP contribution in [0.15, 0.2) is 28.9 Å². The van der Waals surface area contributed by atoms with Crippen molar-refractivity contribution in [1.29, 1.82) is 0 Å². The fourth-order valence-electron chi connectivity index (χ4n) is 2.76. The van der Waals surface area contributed by atoms with Gasteiger partial charge in [0.1, 0.15) is 5.76 Å². The van der Waals surface area contributed by atoms with E-state index in [1.54, 1.807) is 19.3 Å². The minimum atomic E-state index is -0.555. The molecule has 0 atom stereocenters. The van der Waals surface area contributed by atoms with E-state index in [1.165, 1.54) is 0 Å². The summed E-state index contributed by atoms with van der Waals surface area (Å²) >= 11 is 0. The molecule has 0 radical (unpaired) electrons. The normalized spacial score (nSPS) is 10.5. The Balaban J connectivity index is 1.80. The first-order chi connectivity index (χ1) is 13.4. The van der Waals surface area contributed by atoms with Gasteiger partial charge >= 0.3 is 11.9 Å². The lowest BCUT2D eigenvalue weighted by Gasteiger charge is -2.08. The molecule has 2 rings (SSSR count). The molecule has 0 aliphatic heterocycles. The highest BCUT2D eigenvalue weighted by Crippen LogP contribution is 2.18. The highest BCUT2D eigenvalue weighted by atomic mass is 16.5. The van der Waals surface area contributed by atoms with Crippen LogP contribution < -0.4 is 5.32 Å². The van der Waals surface area contributed by atoms with E-state index in [0.29, 0.717) is 31.7 Å². The molecule has 0 unspecified atom stereocenters. The number of carbonyl (C=O) groups excluding carboxylic acids is 3. The average Bonchev–Trinajstić information content (AvgIpc) is 3.27. The van der Waals surface area contributed by atoms with E-state index >= 15 is 0 Å². The number of furan rings is 1. The van der Waals surface area contributed by atoms with Crippen molar-refractivity contribution in [3.05, 3.63) is 47.2 Å². The molecule has 28 heavy (non-hydrogen) atoms. The van der Waals surface area contributed by atoms with Gasteiger partial charge in [0.2, 0.25) is 0 Å². The molecular weight excluding hydrogens is 364 g/mol. The van der Waals surface area contributed by atoms with Crippen molar-refractivity contribution in [2.45, 2.75) is 40.2 Å². The summed E-state index contributed by atoms with van der Waals surface area (Å²) in [5, 5.41) is 2.61. The van der Waals surface area contributed by atoms with Gasteiger partial charge in [0.05, 0.1) is 25.0 Å². The van der Waals surface area contributed by atoms with Gasteiger partial charge in [0.15, 0.2) is 6.61 Å². The zero-order valence-corrected chi connectivity index (χ0v) is 16.4. The van der Waals surface area contributed by atoms with Gasteiger partial charge in [-0.2, -0.15) is 0 Å². The summed E-state index contributed by atoms with van der Waals surface area (Å²) in [7, 11) is 0. The molecule has 0 bridgehead atoms. The summed E-state index contributed by atoms with van der Waals surface area (Å²) in [4.78, 5) is 35.3. The second kappa shape index (κ2) is 10.3. The third-order valence-corrected chi connectivity index (χ3v) is 4.21. The molecule has 2 aromatic rings. The molecule has 2 aromatic heterocycles. The topological polar surface area (TPSA) is 99.8 Å². The third-order valence-electron chi connectivity index (χ3n) is 4.21. The van der Waals surface area contributed by atoms with Crippen LogP contribution in [0.1, 0.15) is 47.3 Å². The minimum Gasteiger partial charge on any atom is -0.467 e. The fraction of sp³-hybridized carbons (Fsp3) is 0.450. The number of rotatable bonds is 10. The van der Waals surface area contributed by atoms with Crippen LogP contribution in [0.5, 0.6) is 0 Å². The summed E-state index contributed by atoms with van der Waals surface area (Å²) in [5.41, 5.74) is 2.05. The number of carbonyl (C=O) groups is 3. The van der Waals surface area contributed by atoms with Crippen molar-refractivity contribution in [2.24, 2.45) is 0 Å². The Bertz CT molecular complexity index is 807. The standard InChI is InChI=1S/C20H26N2O6/c1-4-26-19(24)8-5-9-21-18(23)13-28-20(25)17-11-14(2)22(15(17)3)12-16-7-6-10-27-16/h6-7,10-11H,4-5,8-9,12-13H2,1-3H3,(H,21,23). The van der Waals surface area contributed by atoms with Crippen LogP contribution in [-0.2, 0) is 25.6 Å². The zero-order chi connectivity index (χ0) is 20.5. The Kier molecular flexibility index (Phi) is 7.86. The number of aromatic nitrogens is 1. The number of nitrogens with zero attached hydrogens (tertiary/aromatic N) is 1. The van der Waals surface area contributed by atoms with Gasteiger partial charge < -0.3 is 23.8 Å². The second-order valence-electron chi connectivity index (χ2n) is 6.28. The van der Waals surface area contributed by atoms with E-state index in [0.717, 1.165) is 17.1 Å². The first-order valence-corrected chi connectivity index (χ1v) is 9.21. The summed E-state index contributed by atoms with van der Waals surface area (Å²) in [5.74, 6) is -0.487. The highest BCUT2D eigenvalue weighted by Gasteiger charge is 2.18. The number of nitrogens with one attached hydrogen (secondary N) is 1. The Morgan fingerprint density at radius 1 is 1.21 bits per heavy atom. The molecule has 8 heteroatoms. The molecule has 0 fully saturated rings. The summed E-state index contributed by atoms with van der Waals surface area (Å²) in [6.07, 6.45) is 2.30. The maximum absolute atomic E-state index is 12.3. The van der Waals surface area contributed by atoms with Gasteiger partial charge in [-0.15, -0.1) is 0 Å². The molecule has 0 aliphatic rings. The third kappa shape index (κ3) is 6.00. The van der Waals surface area contributed by atoms with E-state index in [2.05, 4.69) is 5.32 Å². The van der Waals surface area contributed by atoms with Gasteiger partial charge in [-0.1, -0.05) is 0 Å². The lowest BCUT2D eigenvalue weighted by atomic mass is 10.2. The molecule has 152 valence electrons. The number of hydrogen-bond donors (Lipinski definition) is 1. The SMILES string of the molecule is CCOC(=O)CCCNC(=O)COC(=O)c1cc(C)n(Cc2ccco2)c1C. The Hall–Kier alpha value is -3.03. The predicted octanol–water partition coefficient (Wildman–Crippen LogP) is 2.36. The maximum atomic E-state index is 12.3. The lowest BCUT2D eigenvalue weighted by Crippen LogP contribution is -2.30. The Morgan fingerprint density at radius 2 is 2.00 bits per heavy atom. The van der Waals surface area contributed by atoms with Gasteiger partial charge in [-0.3, -0.25) is 9.59 Å². The van der Waals surface area contributed by atoms with Crippen molar-refractivity contribution in [2.75, 3.05) is 19.8 Å². The van der Waals surface area contributed by atoms with Crippen LogP contribution in [0.25, 0.3) is 0 Å².